The standard InChI is InChI=1S/C20H20N4O6S2/c1-10-13(19(27)29-4)17(32-14(10)16(26)21-12-8-6-5-7-9-12)22-15(25)11(2)31-18-20(28)30-23-24(18)3/h5-9,11H,1-4H3,(H2-,21,22,23,25,26,27,28)/p+1. The van der Waals surface area contributed by atoms with Gasteiger partial charge in [0, 0.05) is 5.69 Å². The maximum atomic E-state index is 12.8. The van der Waals surface area contributed by atoms with Gasteiger partial charge in [-0.15, -0.1) is 11.3 Å². The van der Waals surface area contributed by atoms with Crippen LogP contribution in [-0.2, 0) is 16.6 Å². The Kier molecular flexibility index (Phi) is 7.15. The van der Waals surface area contributed by atoms with Crippen molar-refractivity contribution < 1.29 is 28.3 Å². The summed E-state index contributed by atoms with van der Waals surface area (Å²) >= 11 is 1.96. The molecule has 1 aromatic carbocycles. The van der Waals surface area contributed by atoms with Crippen molar-refractivity contribution in [2.24, 2.45) is 7.05 Å². The van der Waals surface area contributed by atoms with Gasteiger partial charge in [0.15, 0.2) is 7.05 Å². The zero-order valence-electron chi connectivity index (χ0n) is 17.7. The minimum atomic E-state index is -0.700. The fourth-order valence-electron chi connectivity index (χ4n) is 2.77. The molecule has 0 aliphatic carbocycles. The first-order valence-electron chi connectivity index (χ1n) is 9.36. The van der Waals surface area contributed by atoms with E-state index in [9.17, 15) is 19.2 Å². The number of anilines is 2. The number of rotatable bonds is 7. The molecule has 0 bridgehead atoms. The Morgan fingerprint density at radius 1 is 1.22 bits per heavy atom. The summed E-state index contributed by atoms with van der Waals surface area (Å²) in [6, 6.07) is 8.87. The van der Waals surface area contributed by atoms with Gasteiger partial charge in [0.25, 0.3) is 5.91 Å². The van der Waals surface area contributed by atoms with Gasteiger partial charge in [0.1, 0.15) is 5.00 Å². The average molecular weight is 478 g/mol. The highest BCUT2D eigenvalue weighted by Crippen LogP contribution is 2.35. The first-order valence-corrected chi connectivity index (χ1v) is 11.1. The number of esters is 1. The van der Waals surface area contributed by atoms with Crippen LogP contribution in [0, 0.1) is 6.92 Å². The quantitative estimate of drug-likeness (QED) is 0.270. The summed E-state index contributed by atoms with van der Waals surface area (Å²) in [5, 5.41) is 7.53. The molecular formula is C20H21N4O6S2+. The Balaban J connectivity index is 1.85. The molecule has 3 rings (SSSR count). The number of ether oxygens (including phenoxy) is 1. The molecule has 3 aromatic rings. The number of benzene rings is 1. The Morgan fingerprint density at radius 2 is 1.91 bits per heavy atom. The van der Waals surface area contributed by atoms with Crippen molar-refractivity contribution in [3.8, 4) is 0 Å². The van der Waals surface area contributed by atoms with Gasteiger partial charge < -0.3 is 15.4 Å². The maximum absolute atomic E-state index is 12.8. The number of carbonyl (C=O) groups excluding carboxylic acids is 3. The van der Waals surface area contributed by atoms with E-state index in [0.29, 0.717) is 11.3 Å². The monoisotopic (exact) mass is 477 g/mol. The van der Waals surface area contributed by atoms with Crippen molar-refractivity contribution >= 4 is 51.6 Å². The van der Waals surface area contributed by atoms with E-state index >= 15 is 0 Å². The van der Waals surface area contributed by atoms with Crippen LogP contribution in [0.5, 0.6) is 0 Å². The Bertz CT molecular complexity index is 1210. The van der Waals surface area contributed by atoms with Gasteiger partial charge in [-0.05, 0) is 48.6 Å². The summed E-state index contributed by atoms with van der Waals surface area (Å²) in [5.74, 6) is -1.55. The van der Waals surface area contributed by atoms with E-state index in [1.54, 1.807) is 45.2 Å². The molecule has 0 spiro atoms. The van der Waals surface area contributed by atoms with Crippen molar-refractivity contribution in [1.29, 1.82) is 0 Å². The zero-order valence-corrected chi connectivity index (χ0v) is 19.3. The molecule has 0 fully saturated rings. The van der Waals surface area contributed by atoms with E-state index in [1.807, 2.05) is 6.07 Å². The van der Waals surface area contributed by atoms with Gasteiger partial charge >= 0.3 is 16.6 Å². The number of nitrogens with zero attached hydrogens (tertiary/aromatic N) is 1. The molecule has 32 heavy (non-hydrogen) atoms. The maximum Gasteiger partial charge on any atom is 0.441 e. The Hall–Kier alpha value is -3.38. The summed E-state index contributed by atoms with van der Waals surface area (Å²) in [6.07, 6.45) is 0. The zero-order chi connectivity index (χ0) is 23.4. The van der Waals surface area contributed by atoms with Gasteiger partial charge in [-0.25, -0.2) is 9.59 Å². The van der Waals surface area contributed by atoms with Gasteiger partial charge in [-0.3, -0.25) is 14.1 Å². The molecule has 1 atom stereocenters. The number of aryl methyl sites for hydroxylation is 1. The third-order valence-electron chi connectivity index (χ3n) is 4.42. The van der Waals surface area contributed by atoms with Crippen molar-refractivity contribution in [1.82, 2.24) is 5.27 Å². The molecular weight excluding hydrogens is 456 g/mol. The number of para-hydroxylation sites is 1. The molecule has 10 nitrogen and oxygen atoms in total. The first-order chi connectivity index (χ1) is 15.2. The number of thiophene rings is 1. The molecule has 2 amide bonds. The molecule has 2 heterocycles. The van der Waals surface area contributed by atoms with Gasteiger partial charge in [0.05, 0.1) is 22.8 Å². The largest absolute Gasteiger partial charge is 0.465 e. The number of carbonyl (C=O) groups is 3. The smallest absolute Gasteiger partial charge is 0.441 e. The number of thioether (sulfide) groups is 1. The fourth-order valence-corrected chi connectivity index (χ4v) is 4.70. The van der Waals surface area contributed by atoms with Crippen LogP contribution < -0.4 is 20.9 Å². The second-order valence-electron chi connectivity index (χ2n) is 6.67. The molecule has 0 aliphatic rings. The van der Waals surface area contributed by atoms with Crippen LogP contribution in [0.1, 0.15) is 32.5 Å². The molecule has 0 aliphatic heterocycles. The molecule has 1 unspecified atom stereocenters. The van der Waals surface area contributed by atoms with E-state index < -0.39 is 28.7 Å². The lowest BCUT2D eigenvalue weighted by atomic mass is 10.1. The predicted molar refractivity (Wildman–Crippen MR) is 119 cm³/mol. The minimum Gasteiger partial charge on any atom is -0.465 e. The number of amides is 2. The molecule has 168 valence electrons. The van der Waals surface area contributed by atoms with E-state index in [-0.39, 0.29) is 20.5 Å². The lowest BCUT2D eigenvalue weighted by Crippen LogP contribution is -2.35. The van der Waals surface area contributed by atoms with E-state index in [2.05, 4.69) is 20.4 Å². The number of aromatic nitrogens is 2. The topological polar surface area (TPSA) is 134 Å². The van der Waals surface area contributed by atoms with Crippen LogP contribution in [0.25, 0.3) is 0 Å². The normalized spacial score (nSPS) is 11.6. The number of nitrogens with one attached hydrogen (secondary N) is 3. The molecule has 0 radical (unpaired) electrons. The van der Waals surface area contributed by atoms with Gasteiger partial charge in [0.2, 0.25) is 5.91 Å². The van der Waals surface area contributed by atoms with Crippen LogP contribution in [0.4, 0.5) is 10.7 Å². The fraction of sp³-hybridized carbons (Fsp3) is 0.250. The first kappa shape index (κ1) is 23.3. The van der Waals surface area contributed by atoms with Crippen LogP contribution in [0.15, 0.2) is 44.7 Å². The van der Waals surface area contributed by atoms with Crippen LogP contribution >= 0.6 is 23.1 Å². The summed E-state index contributed by atoms with van der Waals surface area (Å²) in [4.78, 5) is 50.0. The average Bonchev–Trinajstić information content (AvgIpc) is 3.27. The number of hydrogen-bond donors (Lipinski definition) is 3. The van der Waals surface area contributed by atoms with Crippen LogP contribution in [0.2, 0.25) is 0 Å². The number of H-pyrrole nitrogens is 1. The molecule has 2 aromatic heterocycles. The lowest BCUT2D eigenvalue weighted by Gasteiger charge is -2.09. The van der Waals surface area contributed by atoms with Crippen molar-refractivity contribution in [2.75, 3.05) is 17.7 Å². The van der Waals surface area contributed by atoms with Crippen molar-refractivity contribution in [3.05, 3.63) is 56.8 Å². The highest BCUT2D eigenvalue weighted by Gasteiger charge is 2.29. The second kappa shape index (κ2) is 9.83. The van der Waals surface area contributed by atoms with E-state index in [4.69, 9.17) is 4.74 Å². The molecule has 12 heteroatoms. The van der Waals surface area contributed by atoms with Crippen LogP contribution in [0.3, 0.4) is 0 Å². The SMILES string of the molecule is COC(=O)c1c(NC(=O)C(C)Sc2c(=O)o[nH][n+]2C)sc(C(=O)Nc2ccccc2)c1C. The summed E-state index contributed by atoms with van der Waals surface area (Å²) < 4.78 is 10.9. The number of aromatic amines is 1. The summed E-state index contributed by atoms with van der Waals surface area (Å²) in [6.45, 7) is 3.22. The Labute approximate surface area is 190 Å². The van der Waals surface area contributed by atoms with Gasteiger partial charge in [-0.1, -0.05) is 22.9 Å². The molecule has 3 N–H and O–H groups in total. The molecule has 0 saturated heterocycles. The van der Waals surface area contributed by atoms with Crippen molar-refractivity contribution in [2.45, 2.75) is 24.1 Å². The minimum absolute atomic E-state index is 0.105. The number of hydrogen-bond acceptors (Lipinski definition) is 8. The van der Waals surface area contributed by atoms with Gasteiger partial charge in [-0.2, -0.15) is 0 Å². The summed E-state index contributed by atoms with van der Waals surface area (Å²) in [7, 11) is 2.80. The predicted octanol–water partition coefficient (Wildman–Crippen LogP) is 2.32. The number of methoxy groups -OCH3 is 1. The highest BCUT2D eigenvalue weighted by atomic mass is 32.2. The Morgan fingerprint density at radius 3 is 2.50 bits per heavy atom. The third-order valence-corrected chi connectivity index (χ3v) is 6.86. The lowest BCUT2D eigenvalue weighted by molar-refractivity contribution is -0.772. The second-order valence-corrected chi connectivity index (χ2v) is 9.02. The van der Waals surface area contributed by atoms with Crippen LogP contribution in [-0.4, -0.2) is 35.4 Å². The third kappa shape index (κ3) is 4.92. The van der Waals surface area contributed by atoms with E-state index in [1.165, 1.54) is 11.8 Å². The molecule has 0 saturated carbocycles. The highest BCUT2D eigenvalue weighted by molar-refractivity contribution is 8.00. The summed E-state index contributed by atoms with van der Waals surface area (Å²) in [5.41, 5.74) is 0.495. The van der Waals surface area contributed by atoms with Crippen molar-refractivity contribution in [3.63, 3.8) is 0 Å². The van der Waals surface area contributed by atoms with E-state index in [0.717, 1.165) is 23.1 Å².